The maximum Gasteiger partial charge on any atom is 0.417 e. The first-order valence-corrected chi connectivity index (χ1v) is 8.25. The molecule has 0 saturated heterocycles. The first-order chi connectivity index (χ1) is 11.5. The van der Waals surface area contributed by atoms with Gasteiger partial charge in [0, 0.05) is 11.9 Å². The predicted molar refractivity (Wildman–Crippen MR) is 85.3 cm³/mol. The Morgan fingerprint density at radius 2 is 1.83 bits per heavy atom. The van der Waals surface area contributed by atoms with Crippen molar-refractivity contribution >= 4 is 17.4 Å². The number of thioether (sulfide) groups is 1. The van der Waals surface area contributed by atoms with Gasteiger partial charge in [-0.15, -0.1) is 10.2 Å². The number of hydrogen-bond donors (Lipinski definition) is 0. The van der Waals surface area contributed by atoms with Crippen LogP contribution in [0.15, 0.2) is 53.8 Å². The smallest absolute Gasteiger partial charge is 0.417 e. The quantitative estimate of drug-likeness (QED) is 0.489. The highest BCUT2D eigenvalue weighted by Crippen LogP contribution is 2.30. The standard InChI is InChI=1S/C16H14F3N3OS/c17-16(18,19)12-7-8-14-20-21-15(22(14)11-12)24-10-4-9-23-13-5-2-1-3-6-13/h1-3,5-8,11H,4,9-10H2. The summed E-state index contributed by atoms with van der Waals surface area (Å²) in [6.45, 7) is 0.529. The highest BCUT2D eigenvalue weighted by Gasteiger charge is 2.31. The lowest BCUT2D eigenvalue weighted by molar-refractivity contribution is -0.137. The van der Waals surface area contributed by atoms with Gasteiger partial charge in [-0.1, -0.05) is 30.0 Å². The van der Waals surface area contributed by atoms with E-state index >= 15 is 0 Å². The highest BCUT2D eigenvalue weighted by atomic mass is 32.2. The predicted octanol–water partition coefficient (Wildman–Crippen LogP) is 4.31. The fraction of sp³-hybridized carbons (Fsp3) is 0.250. The van der Waals surface area contributed by atoms with Gasteiger partial charge in [0.25, 0.3) is 0 Å². The van der Waals surface area contributed by atoms with E-state index in [0.717, 1.165) is 24.4 Å². The molecule has 126 valence electrons. The van der Waals surface area contributed by atoms with Crippen molar-refractivity contribution in [3.63, 3.8) is 0 Å². The minimum Gasteiger partial charge on any atom is -0.494 e. The fourth-order valence-electron chi connectivity index (χ4n) is 2.06. The Morgan fingerprint density at radius 1 is 1.04 bits per heavy atom. The second kappa shape index (κ2) is 7.12. The van der Waals surface area contributed by atoms with Crippen molar-refractivity contribution in [2.75, 3.05) is 12.4 Å². The lowest BCUT2D eigenvalue weighted by Gasteiger charge is -2.07. The van der Waals surface area contributed by atoms with E-state index in [1.54, 1.807) is 0 Å². The van der Waals surface area contributed by atoms with Crippen molar-refractivity contribution < 1.29 is 17.9 Å². The van der Waals surface area contributed by atoms with E-state index in [-0.39, 0.29) is 0 Å². The molecule has 0 amide bonds. The summed E-state index contributed by atoms with van der Waals surface area (Å²) in [7, 11) is 0. The molecule has 0 N–H and O–H groups in total. The normalized spacial score (nSPS) is 11.8. The number of rotatable bonds is 6. The average Bonchev–Trinajstić information content (AvgIpc) is 2.97. The summed E-state index contributed by atoms with van der Waals surface area (Å²) in [6.07, 6.45) is -2.62. The first-order valence-electron chi connectivity index (χ1n) is 7.27. The zero-order chi connectivity index (χ0) is 17.0. The van der Waals surface area contributed by atoms with Gasteiger partial charge in [0.2, 0.25) is 0 Å². The van der Waals surface area contributed by atoms with Gasteiger partial charge in [-0.25, -0.2) is 0 Å². The molecule has 3 rings (SSSR count). The van der Waals surface area contributed by atoms with Crippen LogP contribution >= 0.6 is 11.8 Å². The minimum absolute atomic E-state index is 0.394. The molecule has 0 aliphatic rings. The second-order valence-electron chi connectivity index (χ2n) is 4.99. The van der Waals surface area contributed by atoms with Crippen LogP contribution in [0.1, 0.15) is 12.0 Å². The van der Waals surface area contributed by atoms with E-state index in [9.17, 15) is 13.2 Å². The van der Waals surface area contributed by atoms with Crippen LogP contribution in [-0.4, -0.2) is 27.0 Å². The third-order valence-corrected chi connectivity index (χ3v) is 4.26. The third kappa shape index (κ3) is 4.00. The van der Waals surface area contributed by atoms with Crippen LogP contribution in [0.3, 0.4) is 0 Å². The monoisotopic (exact) mass is 353 g/mol. The summed E-state index contributed by atoms with van der Waals surface area (Å²) in [5.41, 5.74) is -0.324. The van der Waals surface area contributed by atoms with Crippen molar-refractivity contribution in [2.24, 2.45) is 0 Å². The molecule has 3 aromatic rings. The molecule has 0 saturated carbocycles. The Morgan fingerprint density at radius 3 is 2.58 bits per heavy atom. The Labute approximate surface area is 140 Å². The van der Waals surface area contributed by atoms with Crippen molar-refractivity contribution in [1.29, 1.82) is 0 Å². The largest absolute Gasteiger partial charge is 0.494 e. The van der Waals surface area contributed by atoms with Gasteiger partial charge in [0.05, 0.1) is 12.2 Å². The zero-order valence-corrected chi connectivity index (χ0v) is 13.3. The van der Waals surface area contributed by atoms with Gasteiger partial charge in [-0.2, -0.15) is 13.2 Å². The van der Waals surface area contributed by atoms with Gasteiger partial charge in [0.1, 0.15) is 5.75 Å². The van der Waals surface area contributed by atoms with Crippen LogP contribution in [0.2, 0.25) is 0 Å². The molecule has 0 unspecified atom stereocenters. The first kappa shape index (κ1) is 16.6. The molecule has 2 heterocycles. The lowest BCUT2D eigenvalue weighted by Crippen LogP contribution is -2.06. The van der Waals surface area contributed by atoms with Crippen molar-refractivity contribution in [3.05, 3.63) is 54.2 Å². The van der Waals surface area contributed by atoms with E-state index in [1.165, 1.54) is 22.2 Å². The third-order valence-electron chi connectivity index (χ3n) is 3.23. The molecule has 1 aromatic carbocycles. The number of benzene rings is 1. The Bertz CT molecular complexity index is 805. The molecule has 0 aliphatic carbocycles. The van der Waals surface area contributed by atoms with Gasteiger partial charge in [0.15, 0.2) is 10.8 Å². The number of ether oxygens (including phenoxy) is 1. The van der Waals surface area contributed by atoms with E-state index in [0.29, 0.717) is 23.2 Å². The summed E-state index contributed by atoms with van der Waals surface area (Å²) < 4.78 is 45.3. The number of nitrogens with zero attached hydrogens (tertiary/aromatic N) is 3. The molecule has 0 bridgehead atoms. The number of pyridine rings is 1. The van der Waals surface area contributed by atoms with Crippen LogP contribution in [0, 0.1) is 0 Å². The van der Waals surface area contributed by atoms with Crippen molar-refractivity contribution in [1.82, 2.24) is 14.6 Å². The van der Waals surface area contributed by atoms with Gasteiger partial charge < -0.3 is 4.74 Å². The SMILES string of the molecule is FC(F)(F)c1ccc2nnc(SCCCOc3ccccc3)n2c1. The highest BCUT2D eigenvalue weighted by molar-refractivity contribution is 7.99. The maximum absolute atomic E-state index is 12.8. The molecule has 8 heteroatoms. The number of aromatic nitrogens is 3. The number of hydrogen-bond acceptors (Lipinski definition) is 4. The molecule has 0 aliphatic heterocycles. The number of fused-ring (bicyclic) bond motifs is 1. The molecule has 4 nitrogen and oxygen atoms in total. The van der Waals surface area contributed by atoms with Crippen LogP contribution < -0.4 is 4.74 Å². The van der Waals surface area contributed by atoms with E-state index < -0.39 is 11.7 Å². The van der Waals surface area contributed by atoms with Crippen LogP contribution in [0.25, 0.3) is 5.65 Å². The Balaban J connectivity index is 1.57. The summed E-state index contributed by atoms with van der Waals surface area (Å²) in [6, 6.07) is 11.8. The topological polar surface area (TPSA) is 39.4 Å². The van der Waals surface area contributed by atoms with Crippen LogP contribution in [-0.2, 0) is 6.18 Å². The summed E-state index contributed by atoms with van der Waals surface area (Å²) in [5.74, 6) is 1.47. The lowest BCUT2D eigenvalue weighted by atomic mass is 10.3. The molecular formula is C16H14F3N3OS. The molecule has 2 aromatic heterocycles. The van der Waals surface area contributed by atoms with E-state index in [1.807, 2.05) is 30.3 Å². The summed E-state index contributed by atoms with van der Waals surface area (Å²) in [4.78, 5) is 0. The zero-order valence-electron chi connectivity index (χ0n) is 12.5. The molecule has 0 spiro atoms. The number of halogens is 3. The van der Waals surface area contributed by atoms with Crippen molar-refractivity contribution in [2.45, 2.75) is 17.8 Å². The second-order valence-corrected chi connectivity index (χ2v) is 6.05. The Kier molecular flexibility index (Phi) is 4.94. The average molecular weight is 353 g/mol. The maximum atomic E-state index is 12.8. The summed E-state index contributed by atoms with van der Waals surface area (Å²) >= 11 is 1.35. The fourth-order valence-corrected chi connectivity index (χ4v) is 2.89. The van der Waals surface area contributed by atoms with Gasteiger partial charge >= 0.3 is 6.18 Å². The van der Waals surface area contributed by atoms with Gasteiger partial charge in [-0.3, -0.25) is 4.40 Å². The molecule has 0 atom stereocenters. The minimum atomic E-state index is -4.38. The Hall–Kier alpha value is -2.22. The molecule has 0 fully saturated rings. The van der Waals surface area contributed by atoms with E-state index in [2.05, 4.69) is 10.2 Å². The van der Waals surface area contributed by atoms with Crippen LogP contribution in [0.5, 0.6) is 5.75 Å². The number of para-hydroxylation sites is 1. The molecule has 0 radical (unpaired) electrons. The molecule has 24 heavy (non-hydrogen) atoms. The van der Waals surface area contributed by atoms with Crippen molar-refractivity contribution in [3.8, 4) is 5.75 Å². The van der Waals surface area contributed by atoms with Crippen LogP contribution in [0.4, 0.5) is 13.2 Å². The molecular weight excluding hydrogens is 339 g/mol. The van der Waals surface area contributed by atoms with E-state index in [4.69, 9.17) is 4.74 Å². The van der Waals surface area contributed by atoms with Gasteiger partial charge in [-0.05, 0) is 30.7 Å². The summed E-state index contributed by atoms with van der Waals surface area (Å²) in [5, 5.41) is 8.26. The number of alkyl halides is 3.